The molecule has 2 heterocycles. The van der Waals surface area contributed by atoms with Crippen LogP contribution in [0.1, 0.15) is 25.1 Å². The highest BCUT2D eigenvalue weighted by molar-refractivity contribution is 7.98. The molecular formula is C10H17N7OS. The maximum atomic E-state index is 4.91. The average Bonchev–Trinajstić information content (AvgIpc) is 3.01. The van der Waals surface area contributed by atoms with E-state index in [1.54, 1.807) is 11.6 Å². The Morgan fingerprint density at radius 3 is 3.00 bits per heavy atom. The summed E-state index contributed by atoms with van der Waals surface area (Å²) in [5.74, 6) is 1.82. The number of hydrogen-bond donors (Lipinski definition) is 1. The van der Waals surface area contributed by atoms with Crippen molar-refractivity contribution in [2.45, 2.75) is 37.7 Å². The van der Waals surface area contributed by atoms with Gasteiger partial charge in [-0.15, -0.1) is 5.10 Å². The minimum absolute atomic E-state index is 0.568. The number of thioether (sulfide) groups is 1. The molecule has 9 heteroatoms. The lowest BCUT2D eigenvalue weighted by Crippen LogP contribution is -2.21. The molecule has 2 rings (SSSR count). The third-order valence-electron chi connectivity index (χ3n) is 2.33. The molecule has 2 aromatic rings. The Morgan fingerprint density at radius 1 is 1.37 bits per heavy atom. The van der Waals surface area contributed by atoms with Gasteiger partial charge in [0.05, 0.1) is 12.3 Å². The second-order valence-corrected chi connectivity index (χ2v) is 4.90. The molecule has 0 aliphatic heterocycles. The molecule has 0 aliphatic carbocycles. The quantitative estimate of drug-likeness (QED) is 0.557. The fourth-order valence-electron chi connectivity index (χ4n) is 1.46. The Bertz CT molecular complexity index is 498. The lowest BCUT2D eigenvalue weighted by atomic mass is 10.5. The Hall–Kier alpha value is -1.48. The summed E-state index contributed by atoms with van der Waals surface area (Å²) in [6.07, 6.45) is 1.12. The van der Waals surface area contributed by atoms with Crippen molar-refractivity contribution in [2.75, 3.05) is 13.1 Å². The molecular weight excluding hydrogens is 266 g/mol. The third kappa shape index (κ3) is 4.28. The molecule has 0 spiro atoms. The average molecular weight is 283 g/mol. The molecule has 0 unspecified atom stereocenters. The highest BCUT2D eigenvalue weighted by Gasteiger charge is 2.09. The first-order valence-electron chi connectivity index (χ1n) is 6.18. The van der Waals surface area contributed by atoms with E-state index in [1.807, 2.05) is 0 Å². The topological polar surface area (TPSA) is 94.6 Å². The van der Waals surface area contributed by atoms with Crippen LogP contribution in [0.15, 0.2) is 9.68 Å². The molecule has 1 N–H and O–H groups in total. The van der Waals surface area contributed by atoms with Crippen LogP contribution in [0.3, 0.4) is 0 Å². The predicted octanol–water partition coefficient (Wildman–Crippen LogP) is 0.656. The van der Waals surface area contributed by atoms with Crippen LogP contribution < -0.4 is 5.32 Å². The molecule has 0 aliphatic rings. The highest BCUT2D eigenvalue weighted by atomic mass is 32.2. The van der Waals surface area contributed by atoms with Crippen LogP contribution in [0, 0.1) is 6.92 Å². The monoisotopic (exact) mass is 283 g/mol. The summed E-state index contributed by atoms with van der Waals surface area (Å²) in [5.41, 5.74) is 0. The van der Waals surface area contributed by atoms with Gasteiger partial charge in [0.25, 0.3) is 0 Å². The Balaban J connectivity index is 1.81. The van der Waals surface area contributed by atoms with Gasteiger partial charge in [0, 0.05) is 13.5 Å². The van der Waals surface area contributed by atoms with Gasteiger partial charge < -0.3 is 9.84 Å². The van der Waals surface area contributed by atoms with Gasteiger partial charge in [-0.25, -0.2) is 4.68 Å². The van der Waals surface area contributed by atoms with E-state index in [4.69, 9.17) is 4.52 Å². The van der Waals surface area contributed by atoms with Crippen LogP contribution in [0.2, 0.25) is 0 Å². The summed E-state index contributed by atoms with van der Waals surface area (Å²) >= 11 is 1.50. The maximum Gasteiger partial charge on any atom is 0.223 e. The van der Waals surface area contributed by atoms with Crippen LogP contribution >= 0.6 is 11.8 Å². The SMILES string of the molecule is CCCNCCn1nnnc1SCc1noc(C)n1. The third-order valence-corrected chi connectivity index (χ3v) is 3.28. The molecule has 0 radical (unpaired) electrons. The second-order valence-electron chi connectivity index (χ2n) is 3.95. The number of hydrogen-bond acceptors (Lipinski definition) is 8. The van der Waals surface area contributed by atoms with E-state index in [1.165, 1.54) is 11.8 Å². The van der Waals surface area contributed by atoms with E-state index in [2.05, 4.69) is 37.9 Å². The van der Waals surface area contributed by atoms with E-state index >= 15 is 0 Å². The molecule has 8 nitrogen and oxygen atoms in total. The van der Waals surface area contributed by atoms with Crippen molar-refractivity contribution in [1.29, 1.82) is 0 Å². The molecule has 0 saturated heterocycles. The number of rotatable bonds is 8. The van der Waals surface area contributed by atoms with Crippen LogP contribution in [-0.2, 0) is 12.3 Å². The van der Waals surface area contributed by atoms with Gasteiger partial charge in [-0.2, -0.15) is 4.98 Å². The van der Waals surface area contributed by atoms with E-state index in [-0.39, 0.29) is 0 Å². The Morgan fingerprint density at radius 2 is 2.26 bits per heavy atom. The smallest absolute Gasteiger partial charge is 0.223 e. The van der Waals surface area contributed by atoms with Crippen LogP contribution in [0.4, 0.5) is 0 Å². The van der Waals surface area contributed by atoms with Crippen LogP contribution in [-0.4, -0.2) is 43.4 Å². The van der Waals surface area contributed by atoms with Crippen LogP contribution in [0.5, 0.6) is 0 Å². The molecule has 0 fully saturated rings. The zero-order chi connectivity index (χ0) is 13.5. The highest BCUT2D eigenvalue weighted by Crippen LogP contribution is 2.17. The van der Waals surface area contributed by atoms with Gasteiger partial charge in [-0.1, -0.05) is 23.8 Å². The van der Waals surface area contributed by atoms with Crippen molar-refractivity contribution < 1.29 is 4.52 Å². The zero-order valence-electron chi connectivity index (χ0n) is 11.0. The predicted molar refractivity (Wildman–Crippen MR) is 69.6 cm³/mol. The van der Waals surface area contributed by atoms with Crippen molar-refractivity contribution in [3.63, 3.8) is 0 Å². The molecule has 0 amide bonds. The Labute approximate surface area is 115 Å². The Kier molecular flexibility index (Phi) is 5.28. The molecule has 0 atom stereocenters. The fourth-order valence-corrected chi connectivity index (χ4v) is 2.20. The summed E-state index contributed by atoms with van der Waals surface area (Å²) in [6, 6.07) is 0. The molecule has 2 aromatic heterocycles. The summed E-state index contributed by atoms with van der Waals surface area (Å²) in [5, 5.41) is 19.5. The first-order valence-corrected chi connectivity index (χ1v) is 7.17. The van der Waals surface area contributed by atoms with E-state index < -0.39 is 0 Å². The molecule has 19 heavy (non-hydrogen) atoms. The maximum absolute atomic E-state index is 4.91. The normalized spacial score (nSPS) is 11.1. The summed E-state index contributed by atoms with van der Waals surface area (Å²) in [7, 11) is 0. The first kappa shape index (κ1) is 13.9. The molecule has 0 aromatic carbocycles. The van der Waals surface area contributed by atoms with E-state index in [9.17, 15) is 0 Å². The van der Waals surface area contributed by atoms with Crippen LogP contribution in [0.25, 0.3) is 0 Å². The zero-order valence-corrected chi connectivity index (χ0v) is 11.9. The van der Waals surface area contributed by atoms with Gasteiger partial charge in [0.15, 0.2) is 5.82 Å². The van der Waals surface area contributed by atoms with Crippen molar-refractivity contribution in [2.24, 2.45) is 0 Å². The molecule has 0 saturated carbocycles. The lowest BCUT2D eigenvalue weighted by molar-refractivity contribution is 0.389. The van der Waals surface area contributed by atoms with Crippen molar-refractivity contribution in [3.05, 3.63) is 11.7 Å². The first-order chi connectivity index (χ1) is 9.29. The van der Waals surface area contributed by atoms with E-state index in [0.717, 1.165) is 31.2 Å². The van der Waals surface area contributed by atoms with Gasteiger partial charge in [0.1, 0.15) is 0 Å². The van der Waals surface area contributed by atoms with Gasteiger partial charge in [-0.3, -0.25) is 0 Å². The summed E-state index contributed by atoms with van der Waals surface area (Å²) < 4.78 is 6.69. The number of nitrogens with zero attached hydrogens (tertiary/aromatic N) is 6. The van der Waals surface area contributed by atoms with Crippen molar-refractivity contribution >= 4 is 11.8 Å². The van der Waals surface area contributed by atoms with Crippen molar-refractivity contribution in [1.82, 2.24) is 35.7 Å². The standard InChI is InChI=1S/C10H17N7OS/c1-3-4-11-5-6-17-10(13-15-16-17)19-7-9-12-8(2)18-14-9/h11H,3-7H2,1-2H3. The van der Waals surface area contributed by atoms with Gasteiger partial charge in [0.2, 0.25) is 11.0 Å². The summed E-state index contributed by atoms with van der Waals surface area (Å²) in [4.78, 5) is 4.14. The number of aryl methyl sites for hydroxylation is 1. The number of nitrogens with one attached hydrogen (secondary N) is 1. The van der Waals surface area contributed by atoms with Gasteiger partial charge >= 0.3 is 0 Å². The summed E-state index contributed by atoms with van der Waals surface area (Å²) in [6.45, 7) is 6.52. The fraction of sp³-hybridized carbons (Fsp3) is 0.700. The largest absolute Gasteiger partial charge is 0.340 e. The minimum Gasteiger partial charge on any atom is -0.340 e. The number of tetrazole rings is 1. The lowest BCUT2D eigenvalue weighted by Gasteiger charge is -2.04. The van der Waals surface area contributed by atoms with E-state index in [0.29, 0.717) is 17.5 Å². The second kappa shape index (κ2) is 7.19. The molecule has 0 bridgehead atoms. The van der Waals surface area contributed by atoms with Crippen molar-refractivity contribution in [3.8, 4) is 0 Å². The molecule has 104 valence electrons. The van der Waals surface area contributed by atoms with Gasteiger partial charge in [-0.05, 0) is 23.4 Å². The minimum atomic E-state index is 0.568. The number of aromatic nitrogens is 6.